The van der Waals surface area contributed by atoms with Gasteiger partial charge in [-0.15, -0.1) is 0 Å². The molecule has 2 N–H and O–H groups in total. The van der Waals surface area contributed by atoms with Crippen LogP contribution < -0.4 is 10.6 Å². The number of benzene rings is 2. The number of anilines is 1. The first-order chi connectivity index (χ1) is 21.1. The number of nitrogens with zero attached hydrogens (tertiary/aromatic N) is 2. The van der Waals surface area contributed by atoms with E-state index in [1.165, 1.54) is 32.0 Å². The second kappa shape index (κ2) is 9.78. The highest BCUT2D eigenvalue weighted by atomic mass is 19.1. The third kappa shape index (κ3) is 5.31. The van der Waals surface area contributed by atoms with Crippen LogP contribution in [0, 0.1) is 5.82 Å². The third-order valence-electron chi connectivity index (χ3n) is 6.57. The van der Waals surface area contributed by atoms with Crippen LogP contribution in [0.1, 0.15) is 78.5 Å². The van der Waals surface area contributed by atoms with Crippen molar-refractivity contribution >= 4 is 23.4 Å². The first-order valence-electron chi connectivity index (χ1n) is 16.3. The average molecular weight is 531 g/mol. The van der Waals surface area contributed by atoms with Gasteiger partial charge in [-0.25, -0.2) is 4.39 Å². The third-order valence-corrected chi connectivity index (χ3v) is 6.57. The first-order valence-corrected chi connectivity index (χ1v) is 12.3. The quantitative estimate of drug-likeness (QED) is 0.555. The Morgan fingerprint density at radius 2 is 1.89 bits per heavy atom. The van der Waals surface area contributed by atoms with Crippen LogP contribution in [0.3, 0.4) is 0 Å². The molecule has 2 aromatic carbocycles. The predicted octanol–water partition coefficient (Wildman–Crippen LogP) is 3.59. The lowest BCUT2D eigenvalue weighted by atomic mass is 9.98. The summed E-state index contributed by atoms with van der Waals surface area (Å²) in [5.41, 5.74) is -2.99. The van der Waals surface area contributed by atoms with Crippen molar-refractivity contribution in [3.05, 3.63) is 64.5 Å². The summed E-state index contributed by atoms with van der Waals surface area (Å²) < 4.78 is 89.3. The number of carbonyl (C=O) groups excluding carboxylic acids is 3. The molecule has 0 aromatic heterocycles. The molecule has 2 atom stereocenters. The molecular weight excluding hydrogens is 487 g/mol. The van der Waals surface area contributed by atoms with Crippen molar-refractivity contribution in [1.82, 2.24) is 15.1 Å². The summed E-state index contributed by atoms with van der Waals surface area (Å²) in [5, 5.41) is 5.22. The summed E-state index contributed by atoms with van der Waals surface area (Å²) in [6.45, 7) is -5.53. The maximum Gasteiger partial charge on any atom is 0.255 e. The zero-order valence-corrected chi connectivity index (χ0v) is 21.4. The molecule has 0 radical (unpaired) electrons. The molecule has 0 spiro atoms. The number of hydrogen-bond donors (Lipinski definition) is 2. The van der Waals surface area contributed by atoms with E-state index in [9.17, 15) is 14.4 Å². The fraction of sp³-hybridized carbons (Fsp3) is 0.483. The van der Waals surface area contributed by atoms with Gasteiger partial charge in [0.05, 0.1) is 12.6 Å². The Bertz CT molecular complexity index is 1620. The number of nitrogens with one attached hydrogen (secondary N) is 2. The van der Waals surface area contributed by atoms with E-state index in [2.05, 4.69) is 10.6 Å². The lowest BCUT2D eigenvalue weighted by Crippen LogP contribution is -2.56. The summed E-state index contributed by atoms with van der Waals surface area (Å²) in [6, 6.07) is 7.20. The van der Waals surface area contributed by atoms with E-state index in [1.807, 2.05) is 0 Å². The molecule has 3 aliphatic heterocycles. The van der Waals surface area contributed by atoms with Crippen LogP contribution in [0.2, 0.25) is 0 Å². The minimum atomic E-state index is -2.99. The van der Waals surface area contributed by atoms with Gasteiger partial charge in [-0.1, -0.05) is 24.3 Å². The van der Waals surface area contributed by atoms with Gasteiger partial charge in [-0.2, -0.15) is 0 Å². The van der Waals surface area contributed by atoms with Crippen molar-refractivity contribution < 1.29 is 34.5 Å². The highest BCUT2D eigenvalue weighted by Gasteiger charge is 2.40. The molecule has 9 heteroatoms. The van der Waals surface area contributed by atoms with Crippen molar-refractivity contribution in [2.45, 2.75) is 77.3 Å². The number of rotatable bonds is 6. The van der Waals surface area contributed by atoms with Crippen molar-refractivity contribution in [1.29, 1.82) is 0 Å². The van der Waals surface area contributed by atoms with Crippen LogP contribution in [0.5, 0.6) is 0 Å². The van der Waals surface area contributed by atoms with Gasteiger partial charge in [-0.3, -0.25) is 24.6 Å². The summed E-state index contributed by atoms with van der Waals surface area (Å²) in [6.07, 6.45) is -0.240. The van der Waals surface area contributed by atoms with Crippen LogP contribution in [-0.4, -0.2) is 57.7 Å². The molecule has 2 unspecified atom stereocenters. The Balaban J connectivity index is 1.40. The molecular formula is C29H35FN4O4. The van der Waals surface area contributed by atoms with Gasteiger partial charge in [0.2, 0.25) is 11.8 Å². The number of amides is 3. The number of halogens is 1. The number of fused-ring (bicyclic) bond motifs is 1. The van der Waals surface area contributed by atoms with Crippen molar-refractivity contribution in [3.63, 3.8) is 0 Å². The van der Waals surface area contributed by atoms with Crippen LogP contribution in [-0.2, 0) is 34.0 Å². The van der Waals surface area contributed by atoms with Gasteiger partial charge >= 0.3 is 0 Å². The Morgan fingerprint density at radius 1 is 1.16 bits per heavy atom. The molecule has 8 nitrogen and oxygen atoms in total. The second-order valence-electron chi connectivity index (χ2n) is 10.2. The summed E-state index contributed by atoms with van der Waals surface area (Å²) in [5.74, 6) is -2.71. The Morgan fingerprint density at radius 3 is 2.66 bits per heavy atom. The molecule has 0 aliphatic carbocycles. The second-order valence-corrected chi connectivity index (χ2v) is 10.2. The predicted molar refractivity (Wildman–Crippen MR) is 141 cm³/mol. The maximum absolute atomic E-state index is 16.0. The molecule has 3 aliphatic rings. The van der Waals surface area contributed by atoms with Crippen LogP contribution >= 0.6 is 0 Å². The molecule has 3 amide bonds. The molecule has 2 saturated heterocycles. The lowest BCUT2D eigenvalue weighted by molar-refractivity contribution is -0.182. The first kappa shape index (κ1) is 18.1. The molecule has 2 aromatic rings. The normalized spacial score (nSPS) is 33.4. The number of piperidine rings is 1. The number of ether oxygens (including phenoxy) is 1. The van der Waals surface area contributed by atoms with E-state index in [-0.39, 0.29) is 42.6 Å². The number of carbonyl (C=O) groups is 3. The molecule has 2 fully saturated rings. The van der Waals surface area contributed by atoms with Gasteiger partial charge < -0.3 is 15.0 Å². The molecule has 0 bridgehead atoms. The van der Waals surface area contributed by atoms with Gasteiger partial charge in [0, 0.05) is 76.6 Å². The fourth-order valence-corrected chi connectivity index (χ4v) is 5.08. The van der Waals surface area contributed by atoms with E-state index >= 15 is 4.39 Å². The average Bonchev–Trinajstić information content (AvgIpc) is 3.29. The molecule has 3 heterocycles. The lowest BCUT2D eigenvalue weighted by Gasteiger charge is -2.47. The summed E-state index contributed by atoms with van der Waals surface area (Å²) >= 11 is 0. The van der Waals surface area contributed by atoms with E-state index in [0.717, 1.165) is 11.8 Å². The largest absolute Gasteiger partial charge is 0.381 e. The fourth-order valence-electron chi connectivity index (χ4n) is 5.08. The minimum absolute atomic E-state index is 0.0775. The van der Waals surface area contributed by atoms with Gasteiger partial charge in [0.25, 0.3) is 5.91 Å². The zero-order valence-electron chi connectivity index (χ0n) is 29.4. The van der Waals surface area contributed by atoms with Crippen molar-refractivity contribution in [3.8, 4) is 0 Å². The standard InChI is InChI=1S/C29H35FN4O4/c1-28(2)16-33(17-29(3,4)38-28)14-19-8-5-7-18(25(19)30)13-31-22-10-6-9-20-21(22)15-34(27(20)37)23-11-12-24(35)32-26(23)36/h5-10,23,31H,11-17H2,1-4H3,(H,32,35,36)/i1D3,16D2,17D2,23D. The Kier molecular flexibility index (Phi) is 4.65. The van der Waals surface area contributed by atoms with Gasteiger partial charge in [0.1, 0.15) is 11.8 Å². The smallest absolute Gasteiger partial charge is 0.255 e. The number of imide groups is 1. The minimum Gasteiger partial charge on any atom is -0.381 e. The monoisotopic (exact) mass is 530 g/mol. The van der Waals surface area contributed by atoms with E-state index in [4.69, 9.17) is 15.7 Å². The van der Waals surface area contributed by atoms with Gasteiger partial charge in [0.15, 0.2) is 0 Å². The Hall–Kier alpha value is -3.30. The maximum atomic E-state index is 16.0. The summed E-state index contributed by atoms with van der Waals surface area (Å²) in [4.78, 5) is 39.3. The zero-order chi connectivity index (χ0) is 34.3. The van der Waals surface area contributed by atoms with Crippen LogP contribution in [0.4, 0.5) is 10.1 Å². The van der Waals surface area contributed by atoms with Crippen molar-refractivity contribution in [2.75, 3.05) is 18.3 Å². The van der Waals surface area contributed by atoms with Gasteiger partial charge in [-0.05, 0) is 46.2 Å². The van der Waals surface area contributed by atoms with E-state index in [1.54, 1.807) is 18.2 Å². The molecule has 5 rings (SSSR count). The highest BCUT2D eigenvalue weighted by Crippen LogP contribution is 2.33. The topological polar surface area (TPSA) is 91.0 Å². The van der Waals surface area contributed by atoms with Crippen LogP contribution in [0.15, 0.2) is 36.4 Å². The number of morpholine rings is 1. The SMILES string of the molecule is [2H]C1(N2Cc3c(NCc4cccc(CN5C([2H])([2H])C(C)(C)OC(C)(C([2H])([2H])[2H])C5([2H])[2H])c4F)cccc3C2=O)CCC(=O)NC1=O. The van der Waals surface area contributed by atoms with E-state index < -0.39 is 67.1 Å². The Labute approximate surface area is 233 Å². The van der Waals surface area contributed by atoms with E-state index in [0.29, 0.717) is 16.2 Å². The molecule has 202 valence electrons. The molecule has 38 heavy (non-hydrogen) atoms. The van der Waals surface area contributed by atoms with Crippen molar-refractivity contribution in [2.24, 2.45) is 0 Å². The number of hydrogen-bond acceptors (Lipinski definition) is 6. The molecule has 0 saturated carbocycles. The highest BCUT2D eigenvalue weighted by molar-refractivity contribution is 6.06. The summed E-state index contributed by atoms with van der Waals surface area (Å²) in [7, 11) is 0. The van der Waals surface area contributed by atoms with Crippen LogP contribution in [0.25, 0.3) is 0 Å².